The Morgan fingerprint density at radius 1 is 1.78 bits per heavy atom. The van der Waals surface area contributed by atoms with Gasteiger partial charge >= 0.3 is 0 Å². The molecule has 0 aliphatic carbocycles. The number of hydrogen-bond acceptors (Lipinski definition) is 2. The molecule has 0 fully saturated rings. The van der Waals surface area contributed by atoms with E-state index in [-0.39, 0.29) is 6.10 Å². The summed E-state index contributed by atoms with van der Waals surface area (Å²) in [4.78, 5) is 0. The van der Waals surface area contributed by atoms with Crippen molar-refractivity contribution < 1.29 is 9.84 Å². The Labute approximate surface area is 56.1 Å². The molecule has 0 heterocycles. The summed E-state index contributed by atoms with van der Waals surface area (Å²) >= 11 is 0. The smallest absolute Gasteiger partial charge is 0.0861 e. The lowest BCUT2D eigenvalue weighted by atomic mass is 10.1. The lowest BCUT2D eigenvalue weighted by Crippen LogP contribution is -2.23. The van der Waals surface area contributed by atoms with E-state index in [0.717, 1.165) is 0 Å². The molecule has 0 bridgehead atoms. The predicted molar refractivity (Wildman–Crippen MR) is 37.3 cm³/mol. The molecule has 0 aromatic carbocycles. The molecule has 0 radical (unpaired) electrons. The topological polar surface area (TPSA) is 29.5 Å². The van der Waals surface area contributed by atoms with Gasteiger partial charge in [0, 0.05) is 7.11 Å². The second kappa shape index (κ2) is 4.53. The Balaban J connectivity index is 3.53. The van der Waals surface area contributed by atoms with Crippen molar-refractivity contribution in [3.8, 4) is 0 Å². The molecular formula is C7H14O2. The van der Waals surface area contributed by atoms with Gasteiger partial charge in [-0.25, -0.2) is 0 Å². The minimum absolute atomic E-state index is 0.0949. The van der Waals surface area contributed by atoms with Crippen LogP contribution < -0.4 is 0 Å². The van der Waals surface area contributed by atoms with Crippen molar-refractivity contribution in [2.75, 3.05) is 7.11 Å². The highest BCUT2D eigenvalue weighted by molar-refractivity contribution is 4.76. The Kier molecular flexibility index (Phi) is 4.36. The van der Waals surface area contributed by atoms with Gasteiger partial charge in [0.1, 0.15) is 0 Å². The zero-order chi connectivity index (χ0) is 7.28. The third-order valence-corrected chi connectivity index (χ3v) is 1.24. The Morgan fingerprint density at radius 2 is 2.33 bits per heavy atom. The standard InChI is InChI=1S/C7H14O2/c1-4-5-7(9-3)6(2)8/h4,6-8H,1,5H2,2-3H3. The first-order chi connectivity index (χ1) is 4.22. The van der Waals surface area contributed by atoms with Crippen LogP contribution in [0.5, 0.6) is 0 Å². The van der Waals surface area contributed by atoms with E-state index in [0.29, 0.717) is 6.42 Å². The van der Waals surface area contributed by atoms with Crippen LogP contribution in [-0.4, -0.2) is 24.4 Å². The van der Waals surface area contributed by atoms with Gasteiger partial charge in [0.15, 0.2) is 0 Å². The highest BCUT2D eigenvalue weighted by Gasteiger charge is 2.10. The second-order valence-electron chi connectivity index (χ2n) is 2.04. The van der Waals surface area contributed by atoms with Gasteiger partial charge in [-0.2, -0.15) is 0 Å². The second-order valence-corrected chi connectivity index (χ2v) is 2.04. The van der Waals surface area contributed by atoms with Crippen molar-refractivity contribution in [2.45, 2.75) is 25.6 Å². The van der Waals surface area contributed by atoms with Gasteiger partial charge in [0.25, 0.3) is 0 Å². The van der Waals surface area contributed by atoms with Gasteiger partial charge < -0.3 is 9.84 Å². The Morgan fingerprint density at radius 3 is 2.44 bits per heavy atom. The van der Waals surface area contributed by atoms with Crippen LogP contribution in [0.4, 0.5) is 0 Å². The summed E-state index contributed by atoms with van der Waals surface area (Å²) in [6, 6.07) is 0. The van der Waals surface area contributed by atoms with Crippen LogP contribution in [0.3, 0.4) is 0 Å². The molecule has 2 heteroatoms. The molecule has 1 N–H and O–H groups in total. The van der Waals surface area contributed by atoms with Crippen LogP contribution in [-0.2, 0) is 4.74 Å². The first-order valence-electron chi connectivity index (χ1n) is 3.04. The Bertz CT molecular complexity index is 79.0. The molecule has 2 atom stereocenters. The van der Waals surface area contributed by atoms with Crippen LogP contribution in [0.1, 0.15) is 13.3 Å². The molecule has 0 saturated heterocycles. The largest absolute Gasteiger partial charge is 0.391 e. The van der Waals surface area contributed by atoms with Crippen LogP contribution in [0.25, 0.3) is 0 Å². The number of aliphatic hydroxyl groups excluding tert-OH is 1. The van der Waals surface area contributed by atoms with Crippen molar-refractivity contribution in [1.29, 1.82) is 0 Å². The molecule has 2 nitrogen and oxygen atoms in total. The molecule has 0 amide bonds. The fourth-order valence-corrected chi connectivity index (χ4v) is 0.654. The van der Waals surface area contributed by atoms with Crippen LogP contribution in [0.2, 0.25) is 0 Å². The summed E-state index contributed by atoms with van der Waals surface area (Å²) < 4.78 is 4.93. The van der Waals surface area contributed by atoms with Gasteiger partial charge in [-0.3, -0.25) is 0 Å². The molecule has 0 saturated carbocycles. The van der Waals surface area contributed by atoms with Crippen LogP contribution in [0.15, 0.2) is 12.7 Å². The quantitative estimate of drug-likeness (QED) is 0.574. The summed E-state index contributed by atoms with van der Waals surface area (Å²) in [5.41, 5.74) is 0. The van der Waals surface area contributed by atoms with Crippen LogP contribution in [0, 0.1) is 0 Å². The summed E-state index contributed by atoms with van der Waals surface area (Å²) in [5.74, 6) is 0. The normalized spacial score (nSPS) is 16.8. The summed E-state index contributed by atoms with van der Waals surface area (Å²) in [6.45, 7) is 5.25. The highest BCUT2D eigenvalue weighted by Crippen LogP contribution is 2.02. The van der Waals surface area contributed by atoms with Crippen molar-refractivity contribution in [3.63, 3.8) is 0 Å². The average molecular weight is 130 g/mol. The molecule has 0 aliphatic heterocycles. The number of aliphatic hydroxyl groups is 1. The van der Waals surface area contributed by atoms with Gasteiger partial charge in [0.2, 0.25) is 0 Å². The first kappa shape index (κ1) is 8.66. The fourth-order valence-electron chi connectivity index (χ4n) is 0.654. The fraction of sp³-hybridized carbons (Fsp3) is 0.714. The zero-order valence-electron chi connectivity index (χ0n) is 6.00. The summed E-state index contributed by atoms with van der Waals surface area (Å²) in [6.07, 6.45) is 1.94. The highest BCUT2D eigenvalue weighted by atomic mass is 16.5. The lowest BCUT2D eigenvalue weighted by molar-refractivity contribution is 0.000299. The minimum atomic E-state index is -0.409. The first-order valence-corrected chi connectivity index (χ1v) is 3.04. The van der Waals surface area contributed by atoms with Crippen molar-refractivity contribution in [1.82, 2.24) is 0 Å². The number of ether oxygens (including phenoxy) is 1. The molecule has 0 spiro atoms. The zero-order valence-corrected chi connectivity index (χ0v) is 6.00. The van der Waals surface area contributed by atoms with Gasteiger partial charge in [-0.15, -0.1) is 6.58 Å². The van der Waals surface area contributed by atoms with E-state index in [1.54, 1.807) is 20.1 Å². The van der Waals surface area contributed by atoms with E-state index in [2.05, 4.69) is 6.58 Å². The molecule has 9 heavy (non-hydrogen) atoms. The van der Waals surface area contributed by atoms with E-state index < -0.39 is 6.10 Å². The van der Waals surface area contributed by atoms with E-state index >= 15 is 0 Å². The van der Waals surface area contributed by atoms with E-state index in [4.69, 9.17) is 9.84 Å². The minimum Gasteiger partial charge on any atom is -0.391 e. The van der Waals surface area contributed by atoms with E-state index in [1.807, 2.05) is 0 Å². The third-order valence-electron chi connectivity index (χ3n) is 1.24. The maximum absolute atomic E-state index is 8.97. The van der Waals surface area contributed by atoms with Gasteiger partial charge in [-0.05, 0) is 13.3 Å². The molecule has 0 aromatic heterocycles. The molecular weight excluding hydrogens is 116 g/mol. The summed E-state index contributed by atoms with van der Waals surface area (Å²) in [5, 5.41) is 8.97. The number of hydrogen-bond donors (Lipinski definition) is 1. The number of methoxy groups -OCH3 is 1. The molecule has 0 aromatic rings. The third kappa shape index (κ3) is 3.27. The molecule has 0 rings (SSSR count). The van der Waals surface area contributed by atoms with Crippen molar-refractivity contribution in [2.24, 2.45) is 0 Å². The maximum atomic E-state index is 8.97. The van der Waals surface area contributed by atoms with Gasteiger partial charge in [0.05, 0.1) is 12.2 Å². The average Bonchev–Trinajstić information content (AvgIpc) is 1.82. The SMILES string of the molecule is C=CCC(OC)C(C)O. The lowest BCUT2D eigenvalue weighted by Gasteiger charge is -2.15. The Hall–Kier alpha value is -0.340. The molecule has 54 valence electrons. The van der Waals surface area contributed by atoms with Crippen molar-refractivity contribution >= 4 is 0 Å². The predicted octanol–water partition coefficient (Wildman–Crippen LogP) is 0.958. The number of rotatable bonds is 4. The van der Waals surface area contributed by atoms with Gasteiger partial charge in [-0.1, -0.05) is 6.08 Å². The van der Waals surface area contributed by atoms with E-state index in [9.17, 15) is 0 Å². The monoisotopic (exact) mass is 130 g/mol. The molecule has 2 unspecified atom stereocenters. The summed E-state index contributed by atoms with van der Waals surface area (Å²) in [7, 11) is 1.58. The van der Waals surface area contributed by atoms with Crippen molar-refractivity contribution in [3.05, 3.63) is 12.7 Å². The molecule has 0 aliphatic rings. The maximum Gasteiger partial charge on any atom is 0.0861 e. The van der Waals surface area contributed by atoms with E-state index in [1.165, 1.54) is 0 Å². The van der Waals surface area contributed by atoms with Crippen LogP contribution >= 0.6 is 0 Å².